The van der Waals surface area contributed by atoms with E-state index < -0.39 is 12.3 Å². The number of carbonyl (C=O) groups is 1. The van der Waals surface area contributed by atoms with Gasteiger partial charge >= 0.3 is 6.09 Å². The van der Waals surface area contributed by atoms with Crippen LogP contribution in [0.4, 0.5) is 13.6 Å². The number of halogens is 2. The van der Waals surface area contributed by atoms with Crippen LogP contribution in [0.1, 0.15) is 62.3 Å². The molecule has 0 aliphatic carbocycles. The Hall–Kier alpha value is -1.91. The second-order valence-electron chi connectivity index (χ2n) is 8.42. The average Bonchev–Trinajstić information content (AvgIpc) is 2.77. The fourth-order valence-electron chi connectivity index (χ4n) is 3.20. The molecule has 1 unspecified atom stereocenters. The molecule has 0 radical (unpaired) electrons. The summed E-state index contributed by atoms with van der Waals surface area (Å²) in [4.78, 5) is 18.4. The van der Waals surface area contributed by atoms with E-state index in [0.717, 1.165) is 13.1 Å². The molecule has 1 atom stereocenters. The molecular formula is C26H47F2N3O2. The van der Waals surface area contributed by atoms with E-state index in [1.807, 2.05) is 34.6 Å². The van der Waals surface area contributed by atoms with Gasteiger partial charge in [-0.15, -0.1) is 12.3 Å². The first kappa shape index (κ1) is 33.3. The van der Waals surface area contributed by atoms with E-state index in [9.17, 15) is 13.6 Å². The van der Waals surface area contributed by atoms with Gasteiger partial charge in [0, 0.05) is 38.8 Å². The Morgan fingerprint density at radius 3 is 2.00 bits per heavy atom. The number of rotatable bonds is 8. The fraction of sp³-hybridized carbons (Fsp3) is 0.731. The minimum absolute atomic E-state index is 0.152. The van der Waals surface area contributed by atoms with E-state index in [4.69, 9.17) is 4.74 Å². The van der Waals surface area contributed by atoms with Gasteiger partial charge in [0.15, 0.2) is 0 Å². The lowest BCUT2D eigenvalue weighted by Gasteiger charge is -2.41. The first-order chi connectivity index (χ1) is 15.5. The number of nitrogens with zero attached hydrogens (tertiary/aromatic N) is 3. The van der Waals surface area contributed by atoms with Crippen LogP contribution >= 0.6 is 0 Å². The third-order valence-electron chi connectivity index (χ3n) is 4.84. The number of ether oxygens (including phenoxy) is 1. The van der Waals surface area contributed by atoms with Gasteiger partial charge in [-0.05, 0) is 59.4 Å². The normalized spacial score (nSPS) is 16.2. The van der Waals surface area contributed by atoms with Crippen LogP contribution in [0.5, 0.6) is 0 Å². The summed E-state index contributed by atoms with van der Waals surface area (Å²) in [5, 5.41) is 0. The highest BCUT2D eigenvalue weighted by Gasteiger charge is 2.31. The van der Waals surface area contributed by atoms with Gasteiger partial charge in [-0.1, -0.05) is 33.8 Å². The van der Waals surface area contributed by atoms with Gasteiger partial charge in [-0.25, -0.2) is 13.6 Å². The zero-order valence-electron chi connectivity index (χ0n) is 22.4. The number of piperazine rings is 1. The monoisotopic (exact) mass is 471 g/mol. The number of terminal acetylenes is 1. The van der Waals surface area contributed by atoms with E-state index >= 15 is 0 Å². The first-order valence-electron chi connectivity index (χ1n) is 11.9. The first-order valence-corrected chi connectivity index (χ1v) is 11.9. The molecule has 1 saturated heterocycles. The zero-order chi connectivity index (χ0) is 26.0. The summed E-state index contributed by atoms with van der Waals surface area (Å²) in [6, 6.07) is -0.152. The molecule has 1 heterocycles. The molecule has 1 fully saturated rings. The fourth-order valence-corrected chi connectivity index (χ4v) is 3.20. The van der Waals surface area contributed by atoms with Crippen molar-refractivity contribution in [3.05, 3.63) is 23.6 Å². The number of carbonyl (C=O) groups excluding carboxylic acids is 1. The molecule has 33 heavy (non-hydrogen) atoms. The second-order valence-corrected chi connectivity index (χ2v) is 8.42. The minimum Gasteiger partial charge on any atom is -0.444 e. The highest BCUT2D eigenvalue weighted by atomic mass is 19.1. The maximum absolute atomic E-state index is 13.8. The number of hydrogen-bond donors (Lipinski definition) is 0. The van der Waals surface area contributed by atoms with Crippen LogP contribution < -0.4 is 0 Å². The van der Waals surface area contributed by atoms with Crippen molar-refractivity contribution in [2.45, 2.75) is 74.0 Å². The van der Waals surface area contributed by atoms with Gasteiger partial charge < -0.3 is 14.5 Å². The van der Waals surface area contributed by atoms with Gasteiger partial charge in [-0.3, -0.25) is 4.90 Å². The third kappa shape index (κ3) is 14.8. The summed E-state index contributed by atoms with van der Waals surface area (Å²) < 4.78 is 32.4. The SMILES string of the molecule is C#CC.CC.CCN(CC)CC(/C(=C/C=C(\C)F)CF)N1CCN(C(=O)OC(C)(C)C)CC1. The summed E-state index contributed by atoms with van der Waals surface area (Å²) in [5.74, 6) is 1.90. The number of amides is 1. The highest BCUT2D eigenvalue weighted by molar-refractivity contribution is 5.68. The van der Waals surface area contributed by atoms with Gasteiger partial charge in [0.25, 0.3) is 0 Å². The molecule has 1 rings (SSSR count). The van der Waals surface area contributed by atoms with Crippen molar-refractivity contribution in [1.82, 2.24) is 14.7 Å². The molecule has 0 N–H and O–H groups in total. The van der Waals surface area contributed by atoms with Crippen LogP contribution in [-0.4, -0.2) is 84.9 Å². The molecule has 1 amide bonds. The van der Waals surface area contributed by atoms with Crippen LogP contribution in [0.15, 0.2) is 23.6 Å². The Kier molecular flexibility index (Phi) is 18.7. The molecule has 0 bridgehead atoms. The Morgan fingerprint density at radius 1 is 1.15 bits per heavy atom. The highest BCUT2D eigenvalue weighted by Crippen LogP contribution is 2.19. The summed E-state index contributed by atoms with van der Waals surface area (Å²) in [5.41, 5.74) is 0.0369. The molecule has 5 nitrogen and oxygen atoms in total. The summed E-state index contributed by atoms with van der Waals surface area (Å²) in [6.07, 6.45) is 7.16. The van der Waals surface area contributed by atoms with Gasteiger partial charge in [0.2, 0.25) is 0 Å². The zero-order valence-corrected chi connectivity index (χ0v) is 22.4. The molecule has 0 spiro atoms. The molecule has 192 valence electrons. The molecule has 0 aromatic rings. The summed E-state index contributed by atoms with van der Waals surface area (Å²) in [7, 11) is 0. The van der Waals surface area contributed by atoms with Crippen molar-refractivity contribution in [1.29, 1.82) is 0 Å². The molecule has 1 aliphatic heterocycles. The Bertz CT molecular complexity index is 620. The van der Waals surface area contributed by atoms with Gasteiger partial charge in [-0.2, -0.15) is 0 Å². The van der Waals surface area contributed by atoms with Crippen LogP contribution in [0, 0.1) is 12.3 Å². The van der Waals surface area contributed by atoms with E-state index in [1.165, 1.54) is 13.0 Å². The Morgan fingerprint density at radius 2 is 1.64 bits per heavy atom. The topological polar surface area (TPSA) is 36.0 Å². The lowest BCUT2D eigenvalue weighted by molar-refractivity contribution is 0.0102. The lowest BCUT2D eigenvalue weighted by Crippen LogP contribution is -2.55. The van der Waals surface area contributed by atoms with Crippen LogP contribution in [-0.2, 0) is 4.74 Å². The lowest BCUT2D eigenvalue weighted by atomic mass is 10.0. The molecule has 1 aliphatic rings. The van der Waals surface area contributed by atoms with Crippen LogP contribution in [0.3, 0.4) is 0 Å². The van der Waals surface area contributed by atoms with Crippen molar-refractivity contribution < 1.29 is 18.3 Å². The quantitative estimate of drug-likeness (QED) is 0.337. The maximum atomic E-state index is 13.8. The standard InChI is InChI=1S/C21H37F2N3O2.C3H4.C2H6/c1-7-24(8-2)16-19(18(15-22)10-9-17(3)23)25-11-13-26(14-12-25)20(27)28-21(4,5)6;1-3-2;1-2/h9-10,19H,7-8,11-16H2,1-6H3;1H,2H3;1-2H3/b17-9+,18-10+;;. The number of hydrogen-bond acceptors (Lipinski definition) is 4. The van der Waals surface area contributed by atoms with Crippen molar-refractivity contribution in [3.8, 4) is 12.3 Å². The molecule has 0 aromatic carbocycles. The van der Waals surface area contributed by atoms with Gasteiger partial charge in [0.05, 0.1) is 5.83 Å². The van der Waals surface area contributed by atoms with E-state index in [0.29, 0.717) is 38.3 Å². The third-order valence-corrected chi connectivity index (χ3v) is 4.84. The minimum atomic E-state index is -0.623. The van der Waals surface area contributed by atoms with Crippen LogP contribution in [0.25, 0.3) is 0 Å². The maximum Gasteiger partial charge on any atom is 0.410 e. The van der Waals surface area contributed by atoms with E-state index in [2.05, 4.69) is 36.0 Å². The number of likely N-dealkylation sites (N-methyl/N-ethyl adjacent to an activating group) is 1. The summed E-state index contributed by atoms with van der Waals surface area (Å²) in [6.45, 7) is 20.8. The molecule has 0 saturated carbocycles. The van der Waals surface area contributed by atoms with E-state index in [-0.39, 0.29) is 18.0 Å². The largest absolute Gasteiger partial charge is 0.444 e. The predicted molar refractivity (Wildman–Crippen MR) is 136 cm³/mol. The van der Waals surface area contributed by atoms with E-state index in [1.54, 1.807) is 17.9 Å². The number of alkyl halides is 1. The van der Waals surface area contributed by atoms with Gasteiger partial charge in [0.1, 0.15) is 12.3 Å². The average molecular weight is 472 g/mol. The van der Waals surface area contributed by atoms with Crippen molar-refractivity contribution >= 4 is 6.09 Å². The number of allylic oxidation sites excluding steroid dienone is 3. The summed E-state index contributed by atoms with van der Waals surface area (Å²) >= 11 is 0. The Balaban J connectivity index is 0. The van der Waals surface area contributed by atoms with Crippen molar-refractivity contribution in [2.75, 3.05) is 52.5 Å². The molecule has 7 heteroatoms. The van der Waals surface area contributed by atoms with Crippen molar-refractivity contribution in [2.24, 2.45) is 0 Å². The van der Waals surface area contributed by atoms with Crippen molar-refractivity contribution in [3.63, 3.8) is 0 Å². The predicted octanol–water partition coefficient (Wildman–Crippen LogP) is 5.68. The smallest absolute Gasteiger partial charge is 0.410 e. The second kappa shape index (κ2) is 18.5. The Labute approximate surface area is 201 Å². The molecular weight excluding hydrogens is 424 g/mol. The molecule has 0 aromatic heterocycles. The van der Waals surface area contributed by atoms with Crippen LogP contribution in [0.2, 0.25) is 0 Å².